The van der Waals surface area contributed by atoms with E-state index >= 15 is 0 Å². The van der Waals surface area contributed by atoms with Crippen molar-refractivity contribution in [1.82, 2.24) is 9.78 Å². The van der Waals surface area contributed by atoms with Crippen molar-refractivity contribution < 1.29 is 12.8 Å². The Morgan fingerprint density at radius 3 is 1.91 bits per heavy atom. The summed E-state index contributed by atoms with van der Waals surface area (Å²) in [6.07, 6.45) is 2.72. The zero-order valence-corrected chi connectivity index (χ0v) is 20.2. The minimum atomic E-state index is -3.36. The molecule has 0 atom stereocenters. The summed E-state index contributed by atoms with van der Waals surface area (Å²) >= 11 is 0. The second-order valence-corrected chi connectivity index (χ2v) is 11.3. The van der Waals surface area contributed by atoms with Crippen LogP contribution in [0.3, 0.4) is 0 Å². The lowest BCUT2D eigenvalue weighted by atomic mass is 9.87. The van der Waals surface area contributed by atoms with E-state index in [4.69, 9.17) is 0 Å². The lowest BCUT2D eigenvalue weighted by Gasteiger charge is -2.19. The van der Waals surface area contributed by atoms with Gasteiger partial charge in [-0.25, -0.2) is 12.8 Å². The van der Waals surface area contributed by atoms with Gasteiger partial charge >= 0.3 is 0 Å². The number of hydrogen-bond acceptors (Lipinski definition) is 4. The van der Waals surface area contributed by atoms with Crippen LogP contribution in [0, 0.1) is 5.82 Å². The van der Waals surface area contributed by atoms with E-state index in [-0.39, 0.29) is 15.9 Å². The maximum atomic E-state index is 13.7. The monoisotopic (exact) mass is 476 g/mol. The molecule has 0 fully saturated rings. The molecule has 0 aliphatic rings. The lowest BCUT2D eigenvalue weighted by Crippen LogP contribution is -2.23. The standard InChI is InChI=1S/C27H25FN2O3S/c1-27(2,3)20-9-13-22(14-10-20)30-26(31)25(19-5-11-21(28)12-6-19)24(17-29-30)18-7-15-23(16-8-18)34(4,32)33/h5-17H,1-4H3. The average Bonchev–Trinajstić information content (AvgIpc) is 2.79. The second kappa shape index (κ2) is 8.65. The highest BCUT2D eigenvalue weighted by atomic mass is 32.2. The summed E-state index contributed by atoms with van der Waals surface area (Å²) in [5.41, 5.74) is 3.40. The molecule has 0 saturated heterocycles. The van der Waals surface area contributed by atoms with Crippen LogP contribution in [0.2, 0.25) is 0 Å². The molecule has 34 heavy (non-hydrogen) atoms. The molecule has 0 unspecified atom stereocenters. The normalized spacial score (nSPS) is 12.0. The van der Waals surface area contributed by atoms with Gasteiger partial charge in [-0.3, -0.25) is 4.79 Å². The first kappa shape index (κ1) is 23.6. The van der Waals surface area contributed by atoms with Crippen molar-refractivity contribution in [2.75, 3.05) is 6.26 Å². The van der Waals surface area contributed by atoms with Crippen LogP contribution in [0.4, 0.5) is 4.39 Å². The molecule has 0 radical (unpaired) electrons. The van der Waals surface area contributed by atoms with Crippen molar-refractivity contribution in [3.8, 4) is 27.9 Å². The number of hydrogen-bond donors (Lipinski definition) is 0. The fraction of sp³-hybridized carbons (Fsp3) is 0.185. The van der Waals surface area contributed by atoms with Crippen LogP contribution in [-0.4, -0.2) is 24.5 Å². The van der Waals surface area contributed by atoms with E-state index in [9.17, 15) is 17.6 Å². The predicted octanol–water partition coefficient (Wildman–Crippen LogP) is 5.41. The Kier molecular flexibility index (Phi) is 6.00. The van der Waals surface area contributed by atoms with Crippen LogP contribution in [-0.2, 0) is 15.3 Å². The maximum Gasteiger partial charge on any atom is 0.279 e. The van der Waals surface area contributed by atoms with Crippen LogP contribution in [0.25, 0.3) is 27.9 Å². The second-order valence-electron chi connectivity index (χ2n) is 9.25. The molecule has 1 heterocycles. The molecule has 7 heteroatoms. The number of benzene rings is 3. The molecule has 0 aliphatic heterocycles. The van der Waals surface area contributed by atoms with Gasteiger partial charge in [0.1, 0.15) is 5.82 Å². The van der Waals surface area contributed by atoms with Crippen LogP contribution < -0.4 is 5.56 Å². The van der Waals surface area contributed by atoms with Crippen LogP contribution in [0.15, 0.2) is 88.7 Å². The zero-order chi connectivity index (χ0) is 24.7. The van der Waals surface area contributed by atoms with Crippen molar-refractivity contribution in [1.29, 1.82) is 0 Å². The Balaban J connectivity index is 1.91. The fourth-order valence-corrected chi connectivity index (χ4v) is 4.37. The van der Waals surface area contributed by atoms with Crippen molar-refractivity contribution in [2.45, 2.75) is 31.1 Å². The molecule has 3 aromatic carbocycles. The molecule has 0 spiro atoms. The third-order valence-electron chi connectivity index (χ3n) is 5.68. The topological polar surface area (TPSA) is 69.0 Å². The number of nitrogens with zero attached hydrogens (tertiary/aromatic N) is 2. The van der Waals surface area contributed by atoms with Gasteiger partial charge in [-0.2, -0.15) is 9.78 Å². The van der Waals surface area contributed by atoms with Crippen molar-refractivity contribution >= 4 is 9.84 Å². The smallest absolute Gasteiger partial charge is 0.267 e. The van der Waals surface area contributed by atoms with Gasteiger partial charge in [0.05, 0.1) is 22.3 Å². The maximum absolute atomic E-state index is 13.7. The number of aromatic nitrogens is 2. The Bertz CT molecular complexity index is 1500. The molecule has 0 aliphatic carbocycles. The van der Waals surface area contributed by atoms with Gasteiger partial charge in [-0.05, 0) is 58.5 Å². The van der Waals surface area contributed by atoms with Gasteiger partial charge < -0.3 is 0 Å². The van der Waals surface area contributed by atoms with E-state index in [1.807, 2.05) is 24.3 Å². The van der Waals surface area contributed by atoms with Gasteiger partial charge in [0.2, 0.25) is 0 Å². The first-order chi connectivity index (χ1) is 15.9. The zero-order valence-electron chi connectivity index (χ0n) is 19.4. The summed E-state index contributed by atoms with van der Waals surface area (Å²) in [5, 5.41) is 4.40. The summed E-state index contributed by atoms with van der Waals surface area (Å²) in [4.78, 5) is 13.8. The highest BCUT2D eigenvalue weighted by Gasteiger charge is 2.18. The van der Waals surface area contributed by atoms with Gasteiger partial charge in [-0.15, -0.1) is 0 Å². The molecule has 0 bridgehead atoms. The molecular formula is C27H25FN2O3S. The molecule has 5 nitrogen and oxygen atoms in total. The van der Waals surface area contributed by atoms with Crippen LogP contribution >= 0.6 is 0 Å². The summed E-state index contributed by atoms with van der Waals surface area (Å²) in [6, 6.07) is 19.6. The molecule has 0 N–H and O–H groups in total. The highest BCUT2D eigenvalue weighted by molar-refractivity contribution is 7.90. The fourth-order valence-electron chi connectivity index (χ4n) is 3.74. The minimum Gasteiger partial charge on any atom is -0.267 e. The SMILES string of the molecule is CC(C)(C)c1ccc(-n2ncc(-c3ccc(S(C)(=O)=O)cc3)c(-c3ccc(F)cc3)c2=O)cc1. The van der Waals surface area contributed by atoms with Gasteiger partial charge in [0.15, 0.2) is 9.84 Å². The van der Waals surface area contributed by atoms with Gasteiger partial charge in [0.25, 0.3) is 5.56 Å². The van der Waals surface area contributed by atoms with E-state index in [0.717, 1.165) is 11.8 Å². The van der Waals surface area contributed by atoms with Crippen molar-refractivity contribution in [3.63, 3.8) is 0 Å². The minimum absolute atomic E-state index is 0.0296. The van der Waals surface area contributed by atoms with E-state index in [2.05, 4.69) is 25.9 Å². The molecule has 4 rings (SSSR count). The Hall–Kier alpha value is -3.58. The first-order valence-electron chi connectivity index (χ1n) is 10.7. The molecule has 0 saturated carbocycles. The van der Waals surface area contributed by atoms with E-state index in [1.54, 1.807) is 30.5 Å². The molecule has 0 amide bonds. The number of halogens is 1. The lowest BCUT2D eigenvalue weighted by molar-refractivity contribution is 0.590. The number of sulfone groups is 1. The Morgan fingerprint density at radius 1 is 0.824 bits per heavy atom. The molecular weight excluding hydrogens is 451 g/mol. The van der Waals surface area contributed by atoms with E-state index < -0.39 is 15.7 Å². The van der Waals surface area contributed by atoms with Crippen molar-refractivity contribution in [3.05, 3.63) is 101 Å². The highest BCUT2D eigenvalue weighted by Crippen LogP contribution is 2.30. The summed E-state index contributed by atoms with van der Waals surface area (Å²) < 4.78 is 38.6. The van der Waals surface area contributed by atoms with Crippen LogP contribution in [0.5, 0.6) is 0 Å². The van der Waals surface area contributed by atoms with Gasteiger partial charge in [-0.1, -0.05) is 57.2 Å². The van der Waals surface area contributed by atoms with Gasteiger partial charge in [0, 0.05) is 11.8 Å². The third kappa shape index (κ3) is 4.70. The Morgan fingerprint density at radius 2 is 1.38 bits per heavy atom. The van der Waals surface area contributed by atoms with Crippen LogP contribution in [0.1, 0.15) is 26.3 Å². The summed E-state index contributed by atoms with van der Waals surface area (Å²) in [5.74, 6) is -0.407. The third-order valence-corrected chi connectivity index (χ3v) is 6.81. The number of rotatable bonds is 4. The summed E-state index contributed by atoms with van der Waals surface area (Å²) in [7, 11) is -3.36. The van der Waals surface area contributed by atoms with E-state index in [1.165, 1.54) is 28.9 Å². The predicted molar refractivity (Wildman–Crippen MR) is 132 cm³/mol. The first-order valence-corrected chi connectivity index (χ1v) is 12.6. The van der Waals surface area contributed by atoms with Crippen molar-refractivity contribution in [2.24, 2.45) is 0 Å². The summed E-state index contributed by atoms with van der Waals surface area (Å²) in [6.45, 7) is 6.34. The molecule has 174 valence electrons. The molecule has 4 aromatic rings. The molecule has 1 aromatic heterocycles. The largest absolute Gasteiger partial charge is 0.279 e. The Labute approximate surface area is 198 Å². The quantitative estimate of drug-likeness (QED) is 0.395. The van der Waals surface area contributed by atoms with E-state index in [0.29, 0.717) is 27.9 Å². The average molecular weight is 477 g/mol.